The first-order chi connectivity index (χ1) is 9.20. The SMILES string of the molecule is O=Cc1c(-c2cccc(Cl)c2)[nH]c2c(F)cccc12. The molecular formula is C15H9ClFNO. The molecule has 3 rings (SSSR count). The molecule has 3 aromatic rings. The number of aromatic nitrogens is 1. The fourth-order valence-electron chi connectivity index (χ4n) is 2.20. The molecule has 0 atom stereocenters. The van der Waals surface area contributed by atoms with Crippen LogP contribution in [-0.4, -0.2) is 11.3 Å². The Morgan fingerprint density at radius 3 is 2.68 bits per heavy atom. The smallest absolute Gasteiger partial charge is 0.152 e. The van der Waals surface area contributed by atoms with Crippen molar-refractivity contribution >= 4 is 28.8 Å². The third-order valence-corrected chi connectivity index (χ3v) is 3.29. The fraction of sp³-hybridized carbons (Fsp3) is 0. The van der Waals surface area contributed by atoms with Gasteiger partial charge in [0.15, 0.2) is 6.29 Å². The predicted molar refractivity (Wildman–Crippen MR) is 74.1 cm³/mol. The average molecular weight is 274 g/mol. The summed E-state index contributed by atoms with van der Waals surface area (Å²) in [5.74, 6) is -0.381. The molecule has 1 aromatic heterocycles. The topological polar surface area (TPSA) is 32.9 Å². The Balaban J connectivity index is 2.35. The molecule has 0 saturated heterocycles. The van der Waals surface area contributed by atoms with Crippen molar-refractivity contribution in [3.05, 3.63) is 58.9 Å². The Morgan fingerprint density at radius 1 is 1.16 bits per heavy atom. The molecule has 0 amide bonds. The normalized spacial score (nSPS) is 10.8. The molecule has 0 aliphatic rings. The lowest BCUT2D eigenvalue weighted by molar-refractivity contribution is 0.112. The van der Waals surface area contributed by atoms with Crippen LogP contribution in [0.15, 0.2) is 42.5 Å². The van der Waals surface area contributed by atoms with Crippen LogP contribution in [0.5, 0.6) is 0 Å². The number of aromatic amines is 1. The molecule has 0 saturated carbocycles. The third-order valence-electron chi connectivity index (χ3n) is 3.05. The summed E-state index contributed by atoms with van der Waals surface area (Å²) >= 11 is 5.94. The van der Waals surface area contributed by atoms with E-state index in [2.05, 4.69) is 4.98 Å². The maximum atomic E-state index is 13.7. The summed E-state index contributed by atoms with van der Waals surface area (Å²) in [5, 5.41) is 1.14. The number of hydrogen-bond donors (Lipinski definition) is 1. The second-order valence-electron chi connectivity index (χ2n) is 4.20. The minimum Gasteiger partial charge on any atom is -0.352 e. The van der Waals surface area contributed by atoms with E-state index in [-0.39, 0.29) is 5.82 Å². The largest absolute Gasteiger partial charge is 0.352 e. The van der Waals surface area contributed by atoms with Crippen molar-refractivity contribution in [2.75, 3.05) is 0 Å². The lowest BCUT2D eigenvalue weighted by atomic mass is 10.1. The number of para-hydroxylation sites is 1. The van der Waals surface area contributed by atoms with Gasteiger partial charge in [0.05, 0.1) is 11.2 Å². The predicted octanol–water partition coefficient (Wildman–Crippen LogP) is 4.44. The van der Waals surface area contributed by atoms with Crippen LogP contribution < -0.4 is 0 Å². The number of rotatable bonds is 2. The molecule has 2 aromatic carbocycles. The molecule has 0 aliphatic heterocycles. The molecule has 1 heterocycles. The van der Waals surface area contributed by atoms with Crippen molar-refractivity contribution in [2.24, 2.45) is 0 Å². The van der Waals surface area contributed by atoms with Crippen LogP contribution in [0.25, 0.3) is 22.2 Å². The van der Waals surface area contributed by atoms with Crippen LogP contribution in [-0.2, 0) is 0 Å². The quantitative estimate of drug-likeness (QED) is 0.688. The zero-order valence-corrected chi connectivity index (χ0v) is 10.5. The second-order valence-corrected chi connectivity index (χ2v) is 4.64. The molecule has 19 heavy (non-hydrogen) atoms. The van der Waals surface area contributed by atoms with Gasteiger partial charge >= 0.3 is 0 Å². The van der Waals surface area contributed by atoms with E-state index < -0.39 is 0 Å². The number of H-pyrrole nitrogens is 1. The summed E-state index contributed by atoms with van der Waals surface area (Å²) in [5.41, 5.74) is 2.11. The van der Waals surface area contributed by atoms with Gasteiger partial charge < -0.3 is 4.98 Å². The van der Waals surface area contributed by atoms with Gasteiger partial charge in [-0.2, -0.15) is 0 Å². The first-order valence-electron chi connectivity index (χ1n) is 5.72. The van der Waals surface area contributed by atoms with Crippen molar-refractivity contribution in [3.8, 4) is 11.3 Å². The first-order valence-corrected chi connectivity index (χ1v) is 6.10. The highest BCUT2D eigenvalue weighted by molar-refractivity contribution is 6.30. The van der Waals surface area contributed by atoms with Crippen LogP contribution in [0.4, 0.5) is 4.39 Å². The number of fused-ring (bicyclic) bond motifs is 1. The number of carbonyl (C=O) groups is 1. The Hall–Kier alpha value is -2.13. The van der Waals surface area contributed by atoms with Crippen LogP contribution in [0.2, 0.25) is 5.02 Å². The van der Waals surface area contributed by atoms with Crippen molar-refractivity contribution in [3.63, 3.8) is 0 Å². The summed E-state index contributed by atoms with van der Waals surface area (Å²) in [6, 6.07) is 11.7. The highest BCUT2D eigenvalue weighted by atomic mass is 35.5. The molecule has 4 heteroatoms. The summed E-state index contributed by atoms with van der Waals surface area (Å²) in [7, 11) is 0. The lowest BCUT2D eigenvalue weighted by Gasteiger charge is -2.00. The highest BCUT2D eigenvalue weighted by Crippen LogP contribution is 2.31. The standard InChI is InChI=1S/C15H9ClFNO/c16-10-4-1-3-9(7-10)14-12(8-19)11-5-2-6-13(17)15(11)18-14/h1-8,18H. The molecule has 0 spiro atoms. The van der Waals surface area contributed by atoms with E-state index in [4.69, 9.17) is 11.6 Å². The van der Waals surface area contributed by atoms with E-state index >= 15 is 0 Å². The van der Waals surface area contributed by atoms with Crippen LogP contribution in [0.1, 0.15) is 10.4 Å². The Kier molecular flexibility index (Phi) is 2.84. The van der Waals surface area contributed by atoms with Crippen molar-refractivity contribution in [1.82, 2.24) is 4.98 Å². The molecule has 0 unspecified atom stereocenters. The van der Waals surface area contributed by atoms with Gasteiger partial charge in [-0.1, -0.05) is 35.9 Å². The van der Waals surface area contributed by atoms with Crippen molar-refractivity contribution in [1.29, 1.82) is 0 Å². The molecule has 0 fully saturated rings. The van der Waals surface area contributed by atoms with E-state index in [1.165, 1.54) is 6.07 Å². The highest BCUT2D eigenvalue weighted by Gasteiger charge is 2.14. The van der Waals surface area contributed by atoms with Crippen molar-refractivity contribution in [2.45, 2.75) is 0 Å². The Bertz CT molecular complexity index is 779. The van der Waals surface area contributed by atoms with Gasteiger partial charge in [-0.15, -0.1) is 0 Å². The molecule has 94 valence electrons. The maximum Gasteiger partial charge on any atom is 0.152 e. The number of hydrogen-bond acceptors (Lipinski definition) is 1. The van der Waals surface area contributed by atoms with Crippen LogP contribution >= 0.6 is 11.6 Å². The fourth-order valence-corrected chi connectivity index (χ4v) is 2.39. The van der Waals surface area contributed by atoms with Gasteiger partial charge in [-0.25, -0.2) is 4.39 Å². The zero-order chi connectivity index (χ0) is 13.4. The van der Waals surface area contributed by atoms with Gasteiger partial charge in [0.25, 0.3) is 0 Å². The van der Waals surface area contributed by atoms with E-state index in [0.717, 1.165) is 11.8 Å². The van der Waals surface area contributed by atoms with Crippen LogP contribution in [0.3, 0.4) is 0 Å². The molecular weight excluding hydrogens is 265 g/mol. The number of benzene rings is 2. The Labute approximate surface area is 113 Å². The summed E-state index contributed by atoms with van der Waals surface area (Å²) < 4.78 is 13.7. The molecule has 1 N–H and O–H groups in total. The van der Waals surface area contributed by atoms with Gasteiger partial charge in [0, 0.05) is 21.5 Å². The van der Waals surface area contributed by atoms with Gasteiger partial charge in [-0.05, 0) is 18.2 Å². The summed E-state index contributed by atoms with van der Waals surface area (Å²) in [4.78, 5) is 14.3. The minimum absolute atomic E-state index is 0.333. The number of nitrogens with one attached hydrogen (secondary N) is 1. The molecule has 0 bridgehead atoms. The van der Waals surface area contributed by atoms with Crippen LogP contribution in [0, 0.1) is 5.82 Å². The van der Waals surface area contributed by atoms with Gasteiger partial charge in [0.1, 0.15) is 5.82 Å². The van der Waals surface area contributed by atoms with Crippen molar-refractivity contribution < 1.29 is 9.18 Å². The second kappa shape index (κ2) is 4.52. The number of carbonyl (C=O) groups excluding carboxylic acids is 1. The Morgan fingerprint density at radius 2 is 1.95 bits per heavy atom. The lowest BCUT2D eigenvalue weighted by Crippen LogP contribution is -1.84. The summed E-state index contributed by atoms with van der Waals surface area (Å²) in [6.07, 6.45) is 0.731. The molecule has 2 nitrogen and oxygen atoms in total. The van der Waals surface area contributed by atoms with Gasteiger partial charge in [-0.3, -0.25) is 4.79 Å². The van der Waals surface area contributed by atoms with E-state index in [9.17, 15) is 9.18 Å². The number of halogens is 2. The number of aldehydes is 1. The molecule has 0 aliphatic carbocycles. The van der Waals surface area contributed by atoms with E-state index in [1.807, 2.05) is 6.07 Å². The third kappa shape index (κ3) is 1.92. The average Bonchev–Trinajstić information content (AvgIpc) is 2.79. The van der Waals surface area contributed by atoms with E-state index in [0.29, 0.717) is 27.2 Å². The minimum atomic E-state index is -0.381. The zero-order valence-electron chi connectivity index (χ0n) is 9.78. The molecule has 0 radical (unpaired) electrons. The first kappa shape index (κ1) is 11.9. The monoisotopic (exact) mass is 273 g/mol. The maximum absolute atomic E-state index is 13.7. The summed E-state index contributed by atoms with van der Waals surface area (Å²) in [6.45, 7) is 0. The van der Waals surface area contributed by atoms with Gasteiger partial charge in [0.2, 0.25) is 0 Å². The van der Waals surface area contributed by atoms with E-state index in [1.54, 1.807) is 30.3 Å².